The number of aromatic nitrogens is 1. The van der Waals surface area contributed by atoms with Gasteiger partial charge < -0.3 is 18.5 Å². The summed E-state index contributed by atoms with van der Waals surface area (Å²) in [7, 11) is -3.23. The summed E-state index contributed by atoms with van der Waals surface area (Å²) in [5.74, 6) is 0.853. The van der Waals surface area contributed by atoms with Crippen LogP contribution in [0.25, 0.3) is 0 Å². The van der Waals surface area contributed by atoms with E-state index in [2.05, 4.69) is 10.3 Å². The van der Waals surface area contributed by atoms with Crippen molar-refractivity contribution in [3.63, 3.8) is 0 Å². The minimum absolute atomic E-state index is 0.0606. The summed E-state index contributed by atoms with van der Waals surface area (Å²) in [5.41, 5.74) is 0.980. The van der Waals surface area contributed by atoms with Gasteiger partial charge in [-0.3, -0.25) is 14.7 Å². The molecule has 0 saturated heterocycles. The minimum Gasteiger partial charge on any atom is -0.486 e. The quantitative estimate of drug-likeness (QED) is 0.656. The number of ether oxygens (including phenoxy) is 2. The maximum Gasteiger partial charge on any atom is 0.336 e. The molecule has 0 spiro atoms. The van der Waals surface area contributed by atoms with Gasteiger partial charge in [0.1, 0.15) is 13.2 Å². The van der Waals surface area contributed by atoms with Gasteiger partial charge in [0.25, 0.3) is 5.91 Å². The SMILES string of the molecule is CCOP(=O)(Cc1csc(NC(=O)c2ccc3c(c2)OCCO3)n1)OCC. The van der Waals surface area contributed by atoms with E-state index in [1.807, 2.05) is 0 Å². The highest BCUT2D eigenvalue weighted by molar-refractivity contribution is 7.53. The zero-order valence-corrected chi connectivity index (χ0v) is 16.8. The summed E-state index contributed by atoms with van der Waals surface area (Å²) < 4.78 is 34.1. The summed E-state index contributed by atoms with van der Waals surface area (Å²) in [6, 6.07) is 5.00. The molecule has 1 aliphatic rings. The van der Waals surface area contributed by atoms with Crippen LogP contribution in [-0.4, -0.2) is 37.3 Å². The van der Waals surface area contributed by atoms with Crippen LogP contribution in [-0.2, 0) is 19.8 Å². The summed E-state index contributed by atoms with van der Waals surface area (Å²) >= 11 is 1.25. The molecule has 2 heterocycles. The number of carbonyl (C=O) groups excluding carboxylic acids is 1. The molecule has 146 valence electrons. The molecule has 0 fully saturated rings. The minimum atomic E-state index is -3.23. The van der Waals surface area contributed by atoms with Gasteiger partial charge in [0, 0.05) is 10.9 Å². The Bertz CT molecular complexity index is 846. The van der Waals surface area contributed by atoms with Crippen molar-refractivity contribution in [2.45, 2.75) is 20.0 Å². The van der Waals surface area contributed by atoms with Gasteiger partial charge in [0.05, 0.1) is 25.1 Å². The van der Waals surface area contributed by atoms with E-state index in [0.29, 0.717) is 41.1 Å². The van der Waals surface area contributed by atoms with Crippen molar-refractivity contribution in [2.24, 2.45) is 0 Å². The van der Waals surface area contributed by atoms with Crippen molar-refractivity contribution in [1.29, 1.82) is 0 Å². The molecule has 1 aromatic heterocycles. The Labute approximate surface area is 161 Å². The number of fused-ring (bicyclic) bond motifs is 1. The van der Waals surface area contributed by atoms with Crippen LogP contribution in [0, 0.1) is 0 Å². The first kappa shape index (κ1) is 19.8. The molecule has 1 amide bonds. The van der Waals surface area contributed by atoms with Crippen LogP contribution in [0.1, 0.15) is 29.9 Å². The largest absolute Gasteiger partial charge is 0.486 e. The Hall–Kier alpha value is -1.93. The Kier molecular flexibility index (Phi) is 6.49. The molecule has 0 unspecified atom stereocenters. The fraction of sp³-hybridized carbons (Fsp3) is 0.412. The van der Waals surface area contributed by atoms with Gasteiger partial charge in [0.2, 0.25) is 0 Å². The van der Waals surface area contributed by atoms with Crippen LogP contribution < -0.4 is 14.8 Å². The van der Waals surface area contributed by atoms with Crippen LogP contribution >= 0.6 is 18.9 Å². The smallest absolute Gasteiger partial charge is 0.336 e. The predicted octanol–water partition coefficient (Wildman–Crippen LogP) is 3.93. The van der Waals surface area contributed by atoms with E-state index in [0.717, 1.165) is 0 Å². The molecular formula is C17H21N2O6PS. The second-order valence-electron chi connectivity index (χ2n) is 5.56. The number of hydrogen-bond donors (Lipinski definition) is 1. The van der Waals surface area contributed by atoms with Gasteiger partial charge in [0.15, 0.2) is 16.6 Å². The molecule has 1 aromatic carbocycles. The molecule has 27 heavy (non-hydrogen) atoms. The second-order valence-corrected chi connectivity index (χ2v) is 8.47. The fourth-order valence-electron chi connectivity index (χ4n) is 2.51. The molecule has 8 nitrogen and oxygen atoms in total. The molecule has 2 aromatic rings. The number of nitrogens with one attached hydrogen (secondary N) is 1. The average Bonchev–Trinajstić information content (AvgIpc) is 3.08. The van der Waals surface area contributed by atoms with Crippen LogP contribution in [0.2, 0.25) is 0 Å². The fourth-order valence-corrected chi connectivity index (χ4v) is 4.94. The zero-order chi connectivity index (χ0) is 19.3. The normalized spacial score (nSPS) is 13.4. The van der Waals surface area contributed by atoms with Gasteiger partial charge >= 0.3 is 7.60 Å². The third kappa shape index (κ3) is 5.07. The first-order valence-electron chi connectivity index (χ1n) is 8.56. The van der Waals surface area contributed by atoms with E-state index >= 15 is 0 Å². The molecule has 0 saturated carbocycles. The van der Waals surface area contributed by atoms with Crippen LogP contribution in [0.5, 0.6) is 11.5 Å². The van der Waals surface area contributed by atoms with Gasteiger partial charge in [-0.05, 0) is 32.0 Å². The lowest BCUT2D eigenvalue weighted by molar-refractivity contribution is 0.102. The maximum atomic E-state index is 12.6. The maximum absolute atomic E-state index is 12.6. The predicted molar refractivity (Wildman–Crippen MR) is 102 cm³/mol. The number of nitrogens with zero attached hydrogens (tertiary/aromatic N) is 1. The highest BCUT2D eigenvalue weighted by Crippen LogP contribution is 2.51. The highest BCUT2D eigenvalue weighted by atomic mass is 32.1. The summed E-state index contributed by atoms with van der Waals surface area (Å²) in [6.45, 7) is 5.03. The molecular weight excluding hydrogens is 391 g/mol. The number of anilines is 1. The number of thiazole rings is 1. The van der Waals surface area contributed by atoms with E-state index in [1.165, 1.54) is 11.3 Å². The molecule has 0 aliphatic carbocycles. The van der Waals surface area contributed by atoms with E-state index in [9.17, 15) is 9.36 Å². The number of hydrogen-bond acceptors (Lipinski definition) is 8. The van der Waals surface area contributed by atoms with E-state index < -0.39 is 7.60 Å². The van der Waals surface area contributed by atoms with Gasteiger partial charge in [-0.2, -0.15) is 0 Å². The standard InChI is InChI=1S/C17H21N2O6PS/c1-3-24-26(21,25-4-2)10-13-11-27-17(18-13)19-16(20)12-5-6-14-15(9-12)23-8-7-22-14/h5-6,9,11H,3-4,7-8,10H2,1-2H3,(H,18,19,20). The second kappa shape index (κ2) is 8.84. The first-order valence-corrected chi connectivity index (χ1v) is 11.2. The van der Waals surface area contributed by atoms with Gasteiger partial charge in [-0.25, -0.2) is 4.98 Å². The van der Waals surface area contributed by atoms with E-state index in [-0.39, 0.29) is 25.3 Å². The Morgan fingerprint density at radius 1 is 1.22 bits per heavy atom. The van der Waals surface area contributed by atoms with E-state index in [1.54, 1.807) is 37.4 Å². The van der Waals surface area contributed by atoms with Crippen molar-refractivity contribution in [3.8, 4) is 11.5 Å². The lowest BCUT2D eigenvalue weighted by Crippen LogP contribution is -2.17. The average molecular weight is 412 g/mol. The van der Waals surface area contributed by atoms with Gasteiger partial charge in [-0.1, -0.05) is 0 Å². The molecule has 0 bridgehead atoms. The third-order valence-corrected chi connectivity index (χ3v) is 6.40. The van der Waals surface area contributed by atoms with Crippen molar-refractivity contribution < 1.29 is 27.9 Å². The van der Waals surface area contributed by atoms with Crippen LogP contribution in [0.15, 0.2) is 23.6 Å². The number of rotatable bonds is 8. The topological polar surface area (TPSA) is 96.0 Å². The van der Waals surface area contributed by atoms with Crippen molar-refractivity contribution in [2.75, 3.05) is 31.7 Å². The summed E-state index contributed by atoms with van der Waals surface area (Å²) in [6.07, 6.45) is 0.0606. The molecule has 0 atom stereocenters. The molecule has 0 radical (unpaired) electrons. The molecule has 1 N–H and O–H groups in total. The molecule has 1 aliphatic heterocycles. The van der Waals surface area contributed by atoms with Crippen molar-refractivity contribution in [3.05, 3.63) is 34.8 Å². The Balaban J connectivity index is 1.66. The Morgan fingerprint density at radius 3 is 2.63 bits per heavy atom. The summed E-state index contributed by atoms with van der Waals surface area (Å²) in [5, 5.41) is 4.87. The molecule has 3 rings (SSSR count). The first-order chi connectivity index (χ1) is 13.0. The lowest BCUT2D eigenvalue weighted by atomic mass is 10.2. The number of carbonyl (C=O) groups is 1. The lowest BCUT2D eigenvalue weighted by Gasteiger charge is -2.18. The van der Waals surface area contributed by atoms with Crippen molar-refractivity contribution in [1.82, 2.24) is 4.98 Å². The highest BCUT2D eigenvalue weighted by Gasteiger charge is 2.26. The van der Waals surface area contributed by atoms with Crippen molar-refractivity contribution >= 4 is 30.0 Å². The van der Waals surface area contributed by atoms with Crippen LogP contribution in [0.3, 0.4) is 0 Å². The van der Waals surface area contributed by atoms with Crippen LogP contribution in [0.4, 0.5) is 5.13 Å². The van der Waals surface area contributed by atoms with E-state index in [4.69, 9.17) is 18.5 Å². The monoisotopic (exact) mass is 412 g/mol. The Morgan fingerprint density at radius 2 is 1.93 bits per heavy atom. The number of benzene rings is 1. The van der Waals surface area contributed by atoms with Gasteiger partial charge in [-0.15, -0.1) is 11.3 Å². The third-order valence-electron chi connectivity index (χ3n) is 3.58. The number of amides is 1. The summed E-state index contributed by atoms with van der Waals surface area (Å²) in [4.78, 5) is 16.8. The zero-order valence-electron chi connectivity index (χ0n) is 15.1. The molecule has 10 heteroatoms.